The lowest BCUT2D eigenvalue weighted by atomic mass is 10.2. The number of methoxy groups -OCH3 is 2. The predicted octanol–water partition coefficient (Wildman–Crippen LogP) is 4.06. The molecule has 0 bridgehead atoms. The van der Waals surface area contributed by atoms with Gasteiger partial charge in [-0.2, -0.15) is 4.52 Å². The number of nitrogens with one attached hydrogen (secondary N) is 1. The van der Waals surface area contributed by atoms with Gasteiger partial charge in [0.1, 0.15) is 17.3 Å². The number of halogens is 1. The summed E-state index contributed by atoms with van der Waals surface area (Å²) in [5.41, 5.74) is 1.75. The quantitative estimate of drug-likeness (QED) is 0.309. The van der Waals surface area contributed by atoms with Crippen molar-refractivity contribution >= 4 is 32.3 Å². The van der Waals surface area contributed by atoms with E-state index in [2.05, 4.69) is 20.4 Å². The van der Waals surface area contributed by atoms with E-state index in [9.17, 15) is 12.8 Å². The molecule has 0 aliphatic heterocycles. The highest BCUT2D eigenvalue weighted by molar-refractivity contribution is 7.91. The van der Waals surface area contributed by atoms with Crippen molar-refractivity contribution in [2.45, 2.75) is 17.9 Å². The normalized spacial score (nSPS) is 11.6. The molecule has 37 heavy (non-hydrogen) atoms. The Labute approximate surface area is 212 Å². The van der Waals surface area contributed by atoms with Crippen LogP contribution in [0.25, 0.3) is 16.6 Å². The van der Waals surface area contributed by atoms with E-state index in [0.717, 1.165) is 5.56 Å². The number of aromatic nitrogens is 4. The number of sulfone groups is 1. The number of fused-ring (bicyclic) bond motifs is 3. The van der Waals surface area contributed by atoms with Crippen molar-refractivity contribution in [2.24, 2.45) is 0 Å². The Morgan fingerprint density at radius 3 is 2.54 bits per heavy atom. The van der Waals surface area contributed by atoms with Crippen LogP contribution in [0.4, 0.5) is 10.3 Å². The summed E-state index contributed by atoms with van der Waals surface area (Å²) in [6.07, 6.45) is 0.0848. The SMILES string of the molecule is COc1ccc(CNc2nc3ccc(F)cc3c3nc(CCS(=O)(=O)c4ccccc4)nn23)c(OC)c1. The molecular weight excluding hydrogens is 497 g/mol. The zero-order valence-corrected chi connectivity index (χ0v) is 21.0. The lowest BCUT2D eigenvalue weighted by molar-refractivity contribution is 0.391. The van der Waals surface area contributed by atoms with Crippen molar-refractivity contribution in [3.8, 4) is 11.5 Å². The first kappa shape index (κ1) is 24.4. The molecule has 3 aromatic carbocycles. The minimum atomic E-state index is -3.52. The second-order valence-corrected chi connectivity index (χ2v) is 10.4. The molecule has 0 radical (unpaired) electrons. The second-order valence-electron chi connectivity index (χ2n) is 8.27. The second kappa shape index (κ2) is 10.0. The average molecular weight is 522 g/mol. The molecule has 0 spiro atoms. The monoisotopic (exact) mass is 521 g/mol. The standard InChI is InChI=1S/C26H24FN5O4S/c1-35-19-10-8-17(23(15-19)36-2)16-28-26-29-22-11-9-18(27)14-21(22)25-30-24(31-32(25)26)12-13-37(33,34)20-6-4-3-5-7-20/h3-11,14-15H,12-13,16H2,1-2H3,(H,28,29). The highest BCUT2D eigenvalue weighted by atomic mass is 32.2. The molecule has 0 saturated carbocycles. The third kappa shape index (κ3) is 5.03. The molecule has 1 N–H and O–H groups in total. The van der Waals surface area contributed by atoms with Gasteiger partial charge in [-0.25, -0.2) is 22.8 Å². The van der Waals surface area contributed by atoms with Crippen molar-refractivity contribution < 1.29 is 22.3 Å². The smallest absolute Gasteiger partial charge is 0.226 e. The summed E-state index contributed by atoms with van der Waals surface area (Å²) in [6.45, 7) is 0.347. The highest BCUT2D eigenvalue weighted by Gasteiger charge is 2.19. The van der Waals surface area contributed by atoms with E-state index in [1.165, 1.54) is 16.6 Å². The Balaban J connectivity index is 1.49. The first-order valence-corrected chi connectivity index (χ1v) is 13.1. The summed E-state index contributed by atoms with van der Waals surface area (Å²) >= 11 is 0. The number of benzene rings is 3. The number of aryl methyl sites for hydroxylation is 1. The third-order valence-corrected chi connectivity index (χ3v) is 7.64. The molecule has 2 heterocycles. The van der Waals surface area contributed by atoms with E-state index in [-0.39, 0.29) is 17.1 Å². The van der Waals surface area contributed by atoms with E-state index in [4.69, 9.17) is 9.47 Å². The topological polar surface area (TPSA) is 108 Å². The van der Waals surface area contributed by atoms with E-state index in [1.807, 2.05) is 12.1 Å². The van der Waals surface area contributed by atoms with Crippen LogP contribution in [0.5, 0.6) is 11.5 Å². The highest BCUT2D eigenvalue weighted by Crippen LogP contribution is 2.27. The van der Waals surface area contributed by atoms with Crippen molar-refractivity contribution in [3.63, 3.8) is 0 Å². The first-order chi connectivity index (χ1) is 17.9. The molecule has 11 heteroatoms. The molecule has 0 amide bonds. The van der Waals surface area contributed by atoms with Crippen LogP contribution in [0.2, 0.25) is 0 Å². The molecule has 0 atom stereocenters. The van der Waals surface area contributed by atoms with Crippen LogP contribution in [0.1, 0.15) is 11.4 Å². The Morgan fingerprint density at radius 2 is 1.78 bits per heavy atom. The van der Waals surface area contributed by atoms with Crippen LogP contribution in [0.15, 0.2) is 71.6 Å². The molecule has 0 fully saturated rings. The molecule has 0 saturated heterocycles. The van der Waals surface area contributed by atoms with E-state index in [0.29, 0.717) is 46.4 Å². The van der Waals surface area contributed by atoms with Gasteiger partial charge in [0.15, 0.2) is 21.3 Å². The summed E-state index contributed by atoms with van der Waals surface area (Å²) in [5, 5.41) is 8.23. The van der Waals surface area contributed by atoms with Crippen molar-refractivity contribution in [2.75, 3.05) is 25.3 Å². The van der Waals surface area contributed by atoms with Gasteiger partial charge in [-0.15, -0.1) is 5.10 Å². The van der Waals surface area contributed by atoms with E-state index in [1.54, 1.807) is 56.7 Å². The fraction of sp³-hybridized carbons (Fsp3) is 0.192. The maximum Gasteiger partial charge on any atom is 0.226 e. The van der Waals surface area contributed by atoms with Gasteiger partial charge in [0.25, 0.3) is 0 Å². The molecule has 0 aliphatic carbocycles. The summed E-state index contributed by atoms with van der Waals surface area (Å²) in [4.78, 5) is 9.41. The van der Waals surface area contributed by atoms with Crippen LogP contribution >= 0.6 is 0 Å². The van der Waals surface area contributed by atoms with E-state index >= 15 is 0 Å². The molecule has 0 unspecified atom stereocenters. The van der Waals surface area contributed by atoms with Crippen molar-refractivity contribution in [3.05, 3.63) is 83.9 Å². The van der Waals surface area contributed by atoms with Crippen LogP contribution in [-0.2, 0) is 22.8 Å². The fourth-order valence-corrected chi connectivity index (χ4v) is 5.25. The van der Waals surface area contributed by atoms with E-state index < -0.39 is 15.7 Å². The van der Waals surface area contributed by atoms with Gasteiger partial charge in [-0.05, 0) is 42.5 Å². The van der Waals surface area contributed by atoms with Gasteiger partial charge >= 0.3 is 0 Å². The van der Waals surface area contributed by atoms with Gasteiger partial charge in [0.2, 0.25) is 5.95 Å². The largest absolute Gasteiger partial charge is 0.497 e. The Kier molecular flexibility index (Phi) is 6.62. The van der Waals surface area contributed by atoms with Gasteiger partial charge in [-0.3, -0.25) is 0 Å². The van der Waals surface area contributed by atoms with Gasteiger partial charge in [-0.1, -0.05) is 18.2 Å². The first-order valence-electron chi connectivity index (χ1n) is 11.5. The zero-order chi connectivity index (χ0) is 26.0. The van der Waals surface area contributed by atoms with Crippen molar-refractivity contribution in [1.82, 2.24) is 19.6 Å². The predicted molar refractivity (Wildman–Crippen MR) is 137 cm³/mol. The lowest BCUT2D eigenvalue weighted by Gasteiger charge is -2.12. The number of rotatable bonds is 9. The molecule has 190 valence electrons. The molecule has 5 aromatic rings. The summed E-state index contributed by atoms with van der Waals surface area (Å²) in [6, 6.07) is 17.9. The minimum absolute atomic E-state index is 0.0848. The third-order valence-electron chi connectivity index (χ3n) is 5.91. The van der Waals surface area contributed by atoms with Gasteiger partial charge in [0, 0.05) is 30.0 Å². The molecule has 5 rings (SSSR count). The summed E-state index contributed by atoms with van der Waals surface area (Å²) < 4.78 is 51.8. The van der Waals surface area contributed by atoms with Crippen LogP contribution in [0, 0.1) is 5.82 Å². The van der Waals surface area contributed by atoms with Gasteiger partial charge in [0.05, 0.1) is 30.4 Å². The van der Waals surface area contributed by atoms with Crippen molar-refractivity contribution in [1.29, 1.82) is 0 Å². The Bertz CT molecular complexity index is 1690. The fourth-order valence-electron chi connectivity index (χ4n) is 3.99. The molecular formula is C26H24FN5O4S. The average Bonchev–Trinajstić information content (AvgIpc) is 3.36. The Morgan fingerprint density at radius 1 is 0.973 bits per heavy atom. The Hall–Kier alpha value is -4.25. The maximum atomic E-state index is 14.1. The number of anilines is 1. The zero-order valence-electron chi connectivity index (χ0n) is 20.2. The maximum absolute atomic E-state index is 14.1. The minimum Gasteiger partial charge on any atom is -0.497 e. The van der Waals surface area contributed by atoms with Crippen LogP contribution in [0.3, 0.4) is 0 Å². The number of hydrogen-bond donors (Lipinski definition) is 1. The molecule has 2 aromatic heterocycles. The molecule has 0 aliphatic rings. The lowest BCUT2D eigenvalue weighted by Crippen LogP contribution is -2.11. The number of ether oxygens (including phenoxy) is 2. The summed E-state index contributed by atoms with van der Waals surface area (Å²) in [5.74, 6) is 1.38. The number of hydrogen-bond acceptors (Lipinski definition) is 8. The molecule has 9 nitrogen and oxygen atoms in total. The van der Waals surface area contributed by atoms with Crippen LogP contribution < -0.4 is 14.8 Å². The van der Waals surface area contributed by atoms with Crippen LogP contribution in [-0.4, -0.2) is 48.0 Å². The number of nitrogens with zero attached hydrogens (tertiary/aromatic N) is 4. The summed E-state index contributed by atoms with van der Waals surface area (Å²) in [7, 11) is -0.362. The van der Waals surface area contributed by atoms with Gasteiger partial charge < -0.3 is 14.8 Å².